The third kappa shape index (κ3) is 6.94. The summed E-state index contributed by atoms with van der Waals surface area (Å²) in [7, 11) is 0. The molecule has 0 aliphatic rings. The van der Waals surface area contributed by atoms with Crippen molar-refractivity contribution in [3.63, 3.8) is 0 Å². The number of nitrogens with one attached hydrogen (secondary N) is 1. The number of carboxylic acid groups (broad SMARTS) is 1. The van der Waals surface area contributed by atoms with Crippen molar-refractivity contribution >= 4 is 11.9 Å². The molecule has 5 nitrogen and oxygen atoms in total. The van der Waals surface area contributed by atoms with Gasteiger partial charge in [-0.3, -0.25) is 4.79 Å². The second-order valence-corrected chi connectivity index (χ2v) is 6.19. The average Bonchev–Trinajstić information content (AvgIpc) is 2.07. The highest BCUT2D eigenvalue weighted by Gasteiger charge is 2.32. The summed E-state index contributed by atoms with van der Waals surface area (Å²) in [6.45, 7) is 8.99. The highest BCUT2D eigenvalue weighted by molar-refractivity contribution is 5.84. The zero-order chi connectivity index (χ0) is 13.9. The van der Waals surface area contributed by atoms with Crippen molar-refractivity contribution in [1.82, 2.24) is 5.32 Å². The molecule has 0 saturated carbocycles. The van der Waals surface area contributed by atoms with Crippen molar-refractivity contribution in [2.75, 3.05) is 0 Å². The first kappa shape index (κ1) is 15.9. The fraction of sp³-hybridized carbons (Fsp3) is 0.833. The first-order valence-electron chi connectivity index (χ1n) is 5.74. The Kier molecular flexibility index (Phi) is 5.13. The summed E-state index contributed by atoms with van der Waals surface area (Å²) in [5.74, 6) is -1.29. The normalized spacial score (nSPS) is 14.2. The SMILES string of the molecule is CC(C)(N)CCC(=O)N[C@H](C(=O)O)C(C)(C)C. The number of rotatable bonds is 5. The van der Waals surface area contributed by atoms with Crippen LogP contribution in [0.4, 0.5) is 0 Å². The third-order valence-corrected chi connectivity index (χ3v) is 2.41. The zero-order valence-electron chi connectivity index (χ0n) is 11.3. The van der Waals surface area contributed by atoms with Gasteiger partial charge in [0.1, 0.15) is 6.04 Å². The van der Waals surface area contributed by atoms with E-state index < -0.39 is 23.0 Å². The summed E-state index contributed by atoms with van der Waals surface area (Å²) < 4.78 is 0. The van der Waals surface area contributed by atoms with Crippen LogP contribution in [0.5, 0.6) is 0 Å². The minimum Gasteiger partial charge on any atom is -0.480 e. The number of hydrogen-bond donors (Lipinski definition) is 3. The van der Waals surface area contributed by atoms with E-state index >= 15 is 0 Å². The molecule has 0 aromatic carbocycles. The molecular formula is C12H24N2O3. The molecule has 100 valence electrons. The van der Waals surface area contributed by atoms with Gasteiger partial charge in [-0.05, 0) is 25.7 Å². The summed E-state index contributed by atoms with van der Waals surface area (Å²) in [5.41, 5.74) is 4.83. The molecule has 0 aromatic rings. The summed E-state index contributed by atoms with van der Waals surface area (Å²) in [6, 6.07) is -0.879. The third-order valence-electron chi connectivity index (χ3n) is 2.41. The molecule has 0 radical (unpaired) electrons. The first-order chi connectivity index (χ1) is 7.43. The Hall–Kier alpha value is -1.10. The smallest absolute Gasteiger partial charge is 0.326 e. The van der Waals surface area contributed by atoms with Crippen LogP contribution in [0, 0.1) is 5.41 Å². The number of aliphatic carboxylic acids is 1. The van der Waals surface area contributed by atoms with Crippen LogP contribution in [0.25, 0.3) is 0 Å². The summed E-state index contributed by atoms with van der Waals surface area (Å²) in [5, 5.41) is 11.6. The van der Waals surface area contributed by atoms with Gasteiger partial charge >= 0.3 is 5.97 Å². The second kappa shape index (κ2) is 5.49. The molecule has 0 spiro atoms. The highest BCUT2D eigenvalue weighted by Crippen LogP contribution is 2.19. The Labute approximate surface area is 103 Å². The fourth-order valence-corrected chi connectivity index (χ4v) is 1.32. The molecule has 0 saturated heterocycles. The second-order valence-electron chi connectivity index (χ2n) is 6.19. The molecule has 0 rings (SSSR count). The molecule has 5 heteroatoms. The summed E-state index contributed by atoms with van der Waals surface area (Å²) >= 11 is 0. The Morgan fingerprint density at radius 1 is 1.24 bits per heavy atom. The van der Waals surface area contributed by atoms with Crippen LogP contribution in [-0.4, -0.2) is 28.6 Å². The van der Waals surface area contributed by atoms with E-state index in [1.807, 2.05) is 13.8 Å². The molecule has 0 aliphatic carbocycles. The molecule has 0 bridgehead atoms. The van der Waals surface area contributed by atoms with Crippen LogP contribution in [0.15, 0.2) is 0 Å². The molecular weight excluding hydrogens is 220 g/mol. The van der Waals surface area contributed by atoms with E-state index in [1.165, 1.54) is 0 Å². The van der Waals surface area contributed by atoms with Crippen molar-refractivity contribution < 1.29 is 14.7 Å². The van der Waals surface area contributed by atoms with Crippen molar-refractivity contribution in [3.8, 4) is 0 Å². The fourth-order valence-electron chi connectivity index (χ4n) is 1.32. The number of amides is 1. The average molecular weight is 244 g/mol. The largest absolute Gasteiger partial charge is 0.480 e. The van der Waals surface area contributed by atoms with E-state index in [-0.39, 0.29) is 12.3 Å². The van der Waals surface area contributed by atoms with Gasteiger partial charge in [-0.1, -0.05) is 20.8 Å². The lowest BCUT2D eigenvalue weighted by Crippen LogP contribution is -2.49. The number of carbonyl (C=O) groups is 2. The minimum atomic E-state index is -1.02. The lowest BCUT2D eigenvalue weighted by atomic mass is 9.86. The van der Waals surface area contributed by atoms with E-state index in [0.717, 1.165) is 0 Å². The summed E-state index contributed by atoms with van der Waals surface area (Å²) in [6.07, 6.45) is 0.763. The maximum atomic E-state index is 11.6. The minimum absolute atomic E-state index is 0.239. The molecule has 4 N–H and O–H groups in total. The quantitative estimate of drug-likeness (QED) is 0.675. The highest BCUT2D eigenvalue weighted by atomic mass is 16.4. The standard InChI is InChI=1S/C12H24N2O3/c1-11(2,3)9(10(16)17)14-8(15)6-7-12(4,5)13/h9H,6-7,13H2,1-5H3,(H,14,15)(H,16,17)/t9-/m1/s1. The van der Waals surface area contributed by atoms with Crippen molar-refractivity contribution in [2.45, 2.75) is 59.0 Å². The van der Waals surface area contributed by atoms with E-state index in [1.54, 1.807) is 20.8 Å². The van der Waals surface area contributed by atoms with Gasteiger partial charge in [0, 0.05) is 12.0 Å². The van der Waals surface area contributed by atoms with Crippen molar-refractivity contribution in [3.05, 3.63) is 0 Å². The first-order valence-corrected chi connectivity index (χ1v) is 5.74. The molecule has 0 aromatic heterocycles. The molecule has 0 fully saturated rings. The van der Waals surface area contributed by atoms with Crippen LogP contribution in [0.1, 0.15) is 47.5 Å². The van der Waals surface area contributed by atoms with Gasteiger partial charge in [-0.25, -0.2) is 4.79 Å². The van der Waals surface area contributed by atoms with E-state index in [4.69, 9.17) is 10.8 Å². The molecule has 1 atom stereocenters. The molecule has 0 heterocycles. The van der Waals surface area contributed by atoms with Crippen molar-refractivity contribution in [2.24, 2.45) is 11.1 Å². The lowest BCUT2D eigenvalue weighted by Gasteiger charge is -2.28. The van der Waals surface area contributed by atoms with Crippen LogP contribution in [0.3, 0.4) is 0 Å². The Bertz CT molecular complexity index is 287. The Morgan fingerprint density at radius 2 is 1.71 bits per heavy atom. The summed E-state index contributed by atoms with van der Waals surface area (Å²) in [4.78, 5) is 22.7. The number of nitrogens with two attached hydrogens (primary N) is 1. The van der Waals surface area contributed by atoms with Gasteiger partial charge < -0.3 is 16.2 Å². The Balaban J connectivity index is 4.39. The monoisotopic (exact) mass is 244 g/mol. The van der Waals surface area contributed by atoms with Gasteiger partial charge in [0.05, 0.1) is 0 Å². The molecule has 0 unspecified atom stereocenters. The maximum absolute atomic E-state index is 11.6. The van der Waals surface area contributed by atoms with E-state index in [0.29, 0.717) is 6.42 Å². The van der Waals surface area contributed by atoms with Gasteiger partial charge in [0.15, 0.2) is 0 Å². The van der Waals surface area contributed by atoms with Gasteiger partial charge in [-0.2, -0.15) is 0 Å². The maximum Gasteiger partial charge on any atom is 0.326 e. The van der Waals surface area contributed by atoms with E-state index in [9.17, 15) is 9.59 Å². The van der Waals surface area contributed by atoms with Crippen LogP contribution >= 0.6 is 0 Å². The van der Waals surface area contributed by atoms with Gasteiger partial charge in [0.2, 0.25) is 5.91 Å². The number of carboxylic acids is 1. The van der Waals surface area contributed by atoms with Gasteiger partial charge in [0.25, 0.3) is 0 Å². The lowest BCUT2D eigenvalue weighted by molar-refractivity contribution is -0.145. The van der Waals surface area contributed by atoms with Gasteiger partial charge in [-0.15, -0.1) is 0 Å². The van der Waals surface area contributed by atoms with Crippen molar-refractivity contribution in [1.29, 1.82) is 0 Å². The number of carbonyl (C=O) groups excluding carboxylic acids is 1. The zero-order valence-corrected chi connectivity index (χ0v) is 11.3. The van der Waals surface area contributed by atoms with Crippen LogP contribution in [-0.2, 0) is 9.59 Å². The topological polar surface area (TPSA) is 92.4 Å². The predicted molar refractivity (Wildman–Crippen MR) is 66.5 cm³/mol. The molecule has 17 heavy (non-hydrogen) atoms. The van der Waals surface area contributed by atoms with Crippen LogP contribution in [0.2, 0.25) is 0 Å². The Morgan fingerprint density at radius 3 is 2.00 bits per heavy atom. The van der Waals surface area contributed by atoms with E-state index in [2.05, 4.69) is 5.32 Å². The molecule has 0 aliphatic heterocycles. The number of hydrogen-bond acceptors (Lipinski definition) is 3. The van der Waals surface area contributed by atoms with Crippen LogP contribution < -0.4 is 11.1 Å². The predicted octanol–water partition coefficient (Wildman–Crippen LogP) is 1.12. The molecule has 1 amide bonds.